The van der Waals surface area contributed by atoms with Crippen LogP contribution in [0, 0.1) is 5.92 Å². The van der Waals surface area contributed by atoms with Crippen molar-refractivity contribution in [2.75, 3.05) is 26.2 Å². The van der Waals surface area contributed by atoms with Crippen molar-refractivity contribution in [1.29, 1.82) is 0 Å². The number of Topliss-reactive ketones (excluding diaryl/α,β-unsaturated/α-hetero) is 1. The maximum absolute atomic E-state index is 12.8. The number of carbonyl (C=O) groups is 2. The number of ether oxygens (including phenoxy) is 1. The number of hydrogen-bond acceptors (Lipinski definition) is 5. The number of halogens is 1. The molecule has 1 N–H and O–H groups in total. The molecule has 4 rings (SSSR count). The van der Waals surface area contributed by atoms with Gasteiger partial charge >= 0.3 is 5.97 Å². The summed E-state index contributed by atoms with van der Waals surface area (Å²) in [5, 5.41) is 12.1. The van der Waals surface area contributed by atoms with Gasteiger partial charge in [-0.25, -0.2) is 0 Å². The highest BCUT2D eigenvalue weighted by Crippen LogP contribution is 2.41. The van der Waals surface area contributed by atoms with E-state index in [1.165, 1.54) is 0 Å². The molecular weight excluding hydrogens is 522 g/mol. The largest absolute Gasteiger partial charge is 0.465 e. The fourth-order valence-electron chi connectivity index (χ4n) is 5.71. The average molecular weight is 564 g/mol. The van der Waals surface area contributed by atoms with Crippen molar-refractivity contribution in [3.05, 3.63) is 107 Å². The van der Waals surface area contributed by atoms with Crippen molar-refractivity contribution in [2.45, 2.75) is 57.5 Å². The van der Waals surface area contributed by atoms with Crippen LogP contribution in [0.15, 0.2) is 84.9 Å². The minimum Gasteiger partial charge on any atom is -0.465 e. The van der Waals surface area contributed by atoms with Crippen LogP contribution in [-0.2, 0) is 20.5 Å². The molecule has 1 heterocycles. The summed E-state index contributed by atoms with van der Waals surface area (Å²) in [5.74, 6) is -0.0238. The molecule has 1 saturated heterocycles. The zero-order valence-corrected chi connectivity index (χ0v) is 24.7. The van der Waals surface area contributed by atoms with Crippen LogP contribution < -0.4 is 0 Å². The number of nitrogens with zero attached hydrogens (tertiary/aromatic N) is 1. The maximum atomic E-state index is 12.8. The van der Waals surface area contributed by atoms with Gasteiger partial charge in [-0.3, -0.25) is 9.59 Å². The van der Waals surface area contributed by atoms with Crippen LogP contribution >= 0.6 is 12.4 Å². The molecule has 0 spiro atoms. The molecule has 0 unspecified atom stereocenters. The van der Waals surface area contributed by atoms with Crippen LogP contribution in [0.5, 0.6) is 0 Å². The summed E-state index contributed by atoms with van der Waals surface area (Å²) in [7, 11) is 0. The van der Waals surface area contributed by atoms with E-state index in [1.807, 2.05) is 98.8 Å². The molecule has 1 fully saturated rings. The van der Waals surface area contributed by atoms with Crippen molar-refractivity contribution < 1.29 is 19.4 Å². The number of ketones is 1. The number of carbonyl (C=O) groups excluding carboxylic acids is 2. The number of esters is 1. The van der Waals surface area contributed by atoms with Crippen molar-refractivity contribution in [1.82, 2.24) is 4.90 Å². The van der Waals surface area contributed by atoms with Gasteiger partial charge < -0.3 is 14.7 Å². The highest BCUT2D eigenvalue weighted by molar-refractivity contribution is 5.96. The lowest BCUT2D eigenvalue weighted by Crippen LogP contribution is -2.44. The lowest BCUT2D eigenvalue weighted by Gasteiger charge is -2.42. The highest BCUT2D eigenvalue weighted by atomic mass is 35.5. The Labute approximate surface area is 245 Å². The van der Waals surface area contributed by atoms with Gasteiger partial charge in [0.15, 0.2) is 5.78 Å². The number of aliphatic hydroxyl groups is 1. The lowest BCUT2D eigenvalue weighted by molar-refractivity contribution is -0.148. The third kappa shape index (κ3) is 7.01. The molecular formula is C34H42ClNO4. The number of piperidine rings is 1. The second-order valence-electron chi connectivity index (χ2n) is 11.1. The first-order valence-electron chi connectivity index (χ1n) is 14.1. The Balaban J connectivity index is 0.00000441. The number of likely N-dealkylation sites (tertiary alicyclic amines) is 1. The molecule has 0 amide bonds. The predicted molar refractivity (Wildman–Crippen MR) is 162 cm³/mol. The van der Waals surface area contributed by atoms with E-state index in [4.69, 9.17) is 4.74 Å². The van der Waals surface area contributed by atoms with Crippen molar-refractivity contribution in [3.63, 3.8) is 0 Å². The van der Waals surface area contributed by atoms with E-state index >= 15 is 0 Å². The van der Waals surface area contributed by atoms with Gasteiger partial charge in [0.05, 0.1) is 12.0 Å². The van der Waals surface area contributed by atoms with E-state index in [1.54, 1.807) is 6.92 Å². The van der Waals surface area contributed by atoms with E-state index in [-0.39, 0.29) is 30.1 Å². The molecule has 0 aliphatic carbocycles. The first-order chi connectivity index (χ1) is 18.8. The zero-order chi connectivity index (χ0) is 27.9. The van der Waals surface area contributed by atoms with Gasteiger partial charge in [0.25, 0.3) is 0 Å². The van der Waals surface area contributed by atoms with Crippen molar-refractivity contribution >= 4 is 24.2 Å². The standard InChI is InChI=1S/C34H41NO4.ClH/c1-4-39-32(37)33(2,3)27-19-17-26(18-20-27)31(36)16-11-23-35-24-21-30(22-25-35)34(38,28-12-7-5-8-13-28)29-14-9-6-10-15-29;/h5-10,12-15,17-20,30,38H,4,11,16,21-25H2,1-3H3;1H. The second-order valence-corrected chi connectivity index (χ2v) is 11.1. The molecule has 0 radical (unpaired) electrons. The molecule has 0 aromatic heterocycles. The summed E-state index contributed by atoms with van der Waals surface area (Å²) < 4.78 is 5.20. The maximum Gasteiger partial charge on any atom is 0.315 e. The van der Waals surface area contributed by atoms with E-state index in [2.05, 4.69) is 4.90 Å². The minimum absolute atomic E-state index is 0. The average Bonchev–Trinajstić information content (AvgIpc) is 2.98. The summed E-state index contributed by atoms with van der Waals surface area (Å²) in [6.07, 6.45) is 3.07. The summed E-state index contributed by atoms with van der Waals surface area (Å²) >= 11 is 0. The minimum atomic E-state index is -1.02. The van der Waals surface area contributed by atoms with Gasteiger partial charge in [-0.1, -0.05) is 84.9 Å². The number of rotatable bonds is 11. The molecule has 0 bridgehead atoms. The fraction of sp³-hybridized carbons (Fsp3) is 0.412. The van der Waals surface area contributed by atoms with Crippen LogP contribution in [0.3, 0.4) is 0 Å². The predicted octanol–water partition coefficient (Wildman–Crippen LogP) is 6.56. The third-order valence-corrected chi connectivity index (χ3v) is 8.20. The molecule has 1 aliphatic heterocycles. The van der Waals surface area contributed by atoms with Crippen molar-refractivity contribution in [2.24, 2.45) is 5.92 Å². The van der Waals surface area contributed by atoms with Crippen LogP contribution in [-0.4, -0.2) is 48.0 Å². The molecule has 214 valence electrons. The Morgan fingerprint density at radius 2 is 1.38 bits per heavy atom. The van der Waals surface area contributed by atoms with Gasteiger partial charge in [0.2, 0.25) is 0 Å². The second kappa shape index (κ2) is 14.1. The summed E-state index contributed by atoms with van der Waals surface area (Å²) in [6.45, 7) is 8.49. The summed E-state index contributed by atoms with van der Waals surface area (Å²) in [4.78, 5) is 27.5. The monoisotopic (exact) mass is 563 g/mol. The quantitative estimate of drug-likeness (QED) is 0.211. The molecule has 0 saturated carbocycles. The molecule has 0 atom stereocenters. The molecule has 3 aromatic rings. The van der Waals surface area contributed by atoms with Crippen LogP contribution in [0.2, 0.25) is 0 Å². The SMILES string of the molecule is CCOC(=O)C(C)(C)c1ccc(C(=O)CCCN2CCC(C(O)(c3ccccc3)c3ccccc3)CC2)cc1.Cl. The van der Waals surface area contributed by atoms with Gasteiger partial charge in [0.1, 0.15) is 5.60 Å². The van der Waals surface area contributed by atoms with Gasteiger partial charge in [-0.15, -0.1) is 12.4 Å². The van der Waals surface area contributed by atoms with Gasteiger partial charge in [-0.05, 0) is 82.3 Å². The Kier molecular flexibility index (Phi) is 11.1. The fourth-order valence-corrected chi connectivity index (χ4v) is 5.71. The Morgan fingerprint density at radius 1 is 0.850 bits per heavy atom. The van der Waals surface area contributed by atoms with E-state index in [0.717, 1.165) is 55.6 Å². The number of hydrogen-bond donors (Lipinski definition) is 1. The highest BCUT2D eigenvalue weighted by Gasteiger charge is 2.41. The topological polar surface area (TPSA) is 66.8 Å². The van der Waals surface area contributed by atoms with E-state index < -0.39 is 11.0 Å². The third-order valence-electron chi connectivity index (χ3n) is 8.20. The first-order valence-corrected chi connectivity index (χ1v) is 14.1. The molecule has 5 nitrogen and oxygen atoms in total. The summed E-state index contributed by atoms with van der Waals surface area (Å²) in [6, 6.07) is 27.4. The molecule has 3 aromatic carbocycles. The number of benzene rings is 3. The molecule has 40 heavy (non-hydrogen) atoms. The van der Waals surface area contributed by atoms with E-state index in [9.17, 15) is 14.7 Å². The van der Waals surface area contributed by atoms with E-state index in [0.29, 0.717) is 18.6 Å². The molecule has 6 heteroatoms. The zero-order valence-electron chi connectivity index (χ0n) is 23.8. The van der Waals surface area contributed by atoms with Crippen LogP contribution in [0.1, 0.15) is 73.5 Å². The van der Waals surface area contributed by atoms with Gasteiger partial charge in [0, 0.05) is 12.0 Å². The van der Waals surface area contributed by atoms with Crippen molar-refractivity contribution in [3.8, 4) is 0 Å². The lowest BCUT2D eigenvalue weighted by atomic mass is 9.72. The first kappa shape index (κ1) is 31.5. The Hall–Kier alpha value is -2.99. The van der Waals surface area contributed by atoms with Crippen LogP contribution in [0.4, 0.5) is 0 Å². The normalized spacial score (nSPS) is 14.8. The summed E-state index contributed by atoms with van der Waals surface area (Å²) in [5.41, 5.74) is 1.63. The van der Waals surface area contributed by atoms with Gasteiger partial charge in [-0.2, -0.15) is 0 Å². The van der Waals surface area contributed by atoms with Crippen LogP contribution in [0.25, 0.3) is 0 Å². The molecule has 1 aliphatic rings. The smallest absolute Gasteiger partial charge is 0.315 e. The Bertz CT molecular complexity index is 1180. The Morgan fingerprint density at radius 3 is 1.88 bits per heavy atom.